The van der Waals surface area contributed by atoms with Crippen LogP contribution in [0.1, 0.15) is 53.4 Å². The van der Waals surface area contributed by atoms with Gasteiger partial charge in [-0.25, -0.2) is 4.79 Å². The van der Waals surface area contributed by atoms with Gasteiger partial charge in [-0.05, 0) is 37.1 Å². The molecule has 13 heteroatoms. The highest BCUT2D eigenvalue weighted by molar-refractivity contribution is 7.99. The Morgan fingerprint density at radius 3 is 2.50 bits per heavy atom. The van der Waals surface area contributed by atoms with Gasteiger partial charge in [0.15, 0.2) is 11.0 Å². The number of thioether (sulfide) groups is 1. The largest absolute Gasteiger partial charge is 0.462 e. The molecule has 3 rings (SSSR count). The standard InChI is InChI=1S/C25H28N6O6S/c1-5-37-24(34)17-9-6-10-18(12-17)26-20(32)14-38-25-29-28-22(30(25)4)21(15(2)3)27-23(33)16-8-7-11-19(13-16)31(35)36/h6-13,15,21H,5,14H2,1-4H3,(H,26,32)(H,27,33)/t21-/m0/s1. The Morgan fingerprint density at radius 2 is 1.82 bits per heavy atom. The van der Waals surface area contributed by atoms with Crippen LogP contribution < -0.4 is 10.6 Å². The molecule has 0 unspecified atom stereocenters. The number of esters is 1. The molecular formula is C25H28N6O6S. The summed E-state index contributed by atoms with van der Waals surface area (Å²) in [5.74, 6) is -0.824. The number of nitrogens with zero attached hydrogens (tertiary/aromatic N) is 4. The Morgan fingerprint density at radius 1 is 1.11 bits per heavy atom. The molecule has 12 nitrogen and oxygen atoms in total. The number of benzene rings is 2. The maximum atomic E-state index is 12.8. The van der Waals surface area contributed by atoms with E-state index in [0.717, 1.165) is 11.8 Å². The predicted octanol–water partition coefficient (Wildman–Crippen LogP) is 3.76. The van der Waals surface area contributed by atoms with Crippen molar-refractivity contribution in [3.63, 3.8) is 0 Å². The maximum Gasteiger partial charge on any atom is 0.338 e. The van der Waals surface area contributed by atoms with Crippen molar-refractivity contribution < 1.29 is 24.0 Å². The molecule has 0 fully saturated rings. The average molecular weight is 541 g/mol. The zero-order valence-corrected chi connectivity index (χ0v) is 22.2. The first-order chi connectivity index (χ1) is 18.1. The lowest BCUT2D eigenvalue weighted by atomic mass is 10.0. The first kappa shape index (κ1) is 28.3. The molecule has 3 aromatic rings. The number of hydrogen-bond acceptors (Lipinski definition) is 9. The minimum absolute atomic E-state index is 0.0298. The van der Waals surface area contributed by atoms with Crippen LogP contribution >= 0.6 is 11.8 Å². The summed E-state index contributed by atoms with van der Waals surface area (Å²) in [5.41, 5.74) is 0.776. The molecule has 2 aromatic carbocycles. The zero-order valence-electron chi connectivity index (χ0n) is 21.3. The van der Waals surface area contributed by atoms with Crippen LogP contribution in [0.5, 0.6) is 0 Å². The topological polar surface area (TPSA) is 158 Å². The number of nitrogens with one attached hydrogen (secondary N) is 2. The molecule has 1 atom stereocenters. The van der Waals surface area contributed by atoms with Crippen LogP contribution in [0.4, 0.5) is 11.4 Å². The summed E-state index contributed by atoms with van der Waals surface area (Å²) in [6, 6.07) is 11.4. The third-order valence-corrected chi connectivity index (χ3v) is 6.43. The van der Waals surface area contributed by atoms with Gasteiger partial charge in [0.2, 0.25) is 5.91 Å². The summed E-state index contributed by atoms with van der Waals surface area (Å²) in [6.45, 7) is 5.77. The van der Waals surface area contributed by atoms with Gasteiger partial charge in [0.05, 0.1) is 28.9 Å². The van der Waals surface area contributed by atoms with E-state index in [1.54, 1.807) is 36.7 Å². The summed E-state index contributed by atoms with van der Waals surface area (Å²) >= 11 is 1.16. The molecule has 1 aromatic heterocycles. The molecule has 0 saturated carbocycles. The van der Waals surface area contributed by atoms with Gasteiger partial charge in [-0.3, -0.25) is 19.7 Å². The average Bonchev–Trinajstić information content (AvgIpc) is 3.25. The van der Waals surface area contributed by atoms with Gasteiger partial charge in [0, 0.05) is 30.4 Å². The number of ether oxygens (including phenoxy) is 1. The van der Waals surface area contributed by atoms with Gasteiger partial charge in [0.1, 0.15) is 0 Å². The monoisotopic (exact) mass is 540 g/mol. The van der Waals surface area contributed by atoms with Crippen molar-refractivity contribution in [1.82, 2.24) is 20.1 Å². The minimum Gasteiger partial charge on any atom is -0.462 e. The van der Waals surface area contributed by atoms with Crippen molar-refractivity contribution in [2.75, 3.05) is 17.7 Å². The number of amides is 2. The Balaban J connectivity index is 1.66. The zero-order chi connectivity index (χ0) is 27.8. The van der Waals surface area contributed by atoms with Crippen LogP contribution in [-0.4, -0.2) is 49.8 Å². The fraction of sp³-hybridized carbons (Fsp3) is 0.320. The highest BCUT2D eigenvalue weighted by Crippen LogP contribution is 2.25. The Bertz CT molecular complexity index is 1340. The first-order valence-corrected chi connectivity index (χ1v) is 12.7. The second-order valence-electron chi connectivity index (χ2n) is 8.54. The number of nitro benzene ring substituents is 1. The van der Waals surface area contributed by atoms with Gasteiger partial charge >= 0.3 is 5.97 Å². The third kappa shape index (κ3) is 7.16. The van der Waals surface area contributed by atoms with Crippen molar-refractivity contribution in [3.8, 4) is 0 Å². The molecule has 0 aliphatic carbocycles. The van der Waals surface area contributed by atoms with Gasteiger partial charge < -0.3 is 19.9 Å². The minimum atomic E-state index is -0.559. The molecule has 38 heavy (non-hydrogen) atoms. The number of aromatic nitrogens is 3. The number of non-ortho nitro benzene ring substituents is 1. The number of anilines is 1. The molecular weight excluding hydrogens is 512 g/mol. The lowest BCUT2D eigenvalue weighted by molar-refractivity contribution is -0.384. The van der Waals surface area contributed by atoms with Gasteiger partial charge in [-0.2, -0.15) is 0 Å². The van der Waals surface area contributed by atoms with Gasteiger partial charge in [-0.1, -0.05) is 37.7 Å². The second-order valence-corrected chi connectivity index (χ2v) is 9.48. The van der Waals surface area contributed by atoms with Crippen molar-refractivity contribution in [3.05, 3.63) is 75.6 Å². The van der Waals surface area contributed by atoms with Crippen LogP contribution in [-0.2, 0) is 16.6 Å². The summed E-state index contributed by atoms with van der Waals surface area (Å²) in [7, 11) is 1.73. The molecule has 2 amide bonds. The van der Waals surface area contributed by atoms with Crippen LogP contribution in [0.25, 0.3) is 0 Å². The van der Waals surface area contributed by atoms with Crippen LogP contribution in [0.3, 0.4) is 0 Å². The van der Waals surface area contributed by atoms with Crippen LogP contribution in [0.2, 0.25) is 0 Å². The Kier molecular flexibility index (Phi) is 9.55. The Hall–Kier alpha value is -4.26. The summed E-state index contributed by atoms with van der Waals surface area (Å²) in [4.78, 5) is 47.8. The van der Waals surface area contributed by atoms with E-state index in [9.17, 15) is 24.5 Å². The van der Waals surface area contributed by atoms with E-state index in [-0.39, 0.29) is 35.4 Å². The molecule has 200 valence electrons. The quantitative estimate of drug-likeness (QED) is 0.160. The molecule has 0 saturated heterocycles. The Labute approximate surface area is 223 Å². The number of carbonyl (C=O) groups is 3. The normalized spacial score (nSPS) is 11.6. The molecule has 0 aliphatic heterocycles. The number of hydrogen-bond donors (Lipinski definition) is 2. The fourth-order valence-corrected chi connectivity index (χ4v) is 4.22. The fourth-order valence-electron chi connectivity index (χ4n) is 3.50. The van der Waals surface area contributed by atoms with Crippen molar-refractivity contribution >= 4 is 40.9 Å². The number of carbonyl (C=O) groups excluding carboxylic acids is 3. The second kappa shape index (κ2) is 12.8. The van der Waals surface area contributed by atoms with E-state index < -0.39 is 22.8 Å². The SMILES string of the molecule is CCOC(=O)c1cccc(NC(=O)CSc2nnc([C@@H](NC(=O)c3cccc([N+](=O)[O-])c3)C(C)C)n2C)c1. The predicted molar refractivity (Wildman–Crippen MR) is 141 cm³/mol. The smallest absolute Gasteiger partial charge is 0.338 e. The highest BCUT2D eigenvalue weighted by atomic mass is 32.2. The molecule has 1 heterocycles. The maximum absolute atomic E-state index is 12.8. The number of rotatable bonds is 11. The third-order valence-electron chi connectivity index (χ3n) is 5.41. The molecule has 0 radical (unpaired) electrons. The van der Waals surface area contributed by atoms with E-state index >= 15 is 0 Å². The number of nitro groups is 1. The van der Waals surface area contributed by atoms with Crippen molar-refractivity contribution in [2.45, 2.75) is 32.0 Å². The molecule has 2 N–H and O–H groups in total. The van der Waals surface area contributed by atoms with Crippen LogP contribution in [0.15, 0.2) is 53.7 Å². The summed E-state index contributed by atoms with van der Waals surface area (Å²) < 4.78 is 6.67. The lowest BCUT2D eigenvalue weighted by Gasteiger charge is -2.21. The summed E-state index contributed by atoms with van der Waals surface area (Å²) in [6.07, 6.45) is 0. The van der Waals surface area contributed by atoms with Crippen molar-refractivity contribution in [1.29, 1.82) is 0 Å². The molecule has 0 bridgehead atoms. The molecule has 0 aliphatic rings. The lowest BCUT2D eigenvalue weighted by Crippen LogP contribution is -2.33. The van der Waals surface area contributed by atoms with Gasteiger partial charge in [0.25, 0.3) is 11.6 Å². The highest BCUT2D eigenvalue weighted by Gasteiger charge is 2.26. The van der Waals surface area contributed by atoms with Crippen LogP contribution in [0, 0.1) is 16.0 Å². The van der Waals surface area contributed by atoms with E-state index in [4.69, 9.17) is 4.74 Å². The van der Waals surface area contributed by atoms with E-state index in [0.29, 0.717) is 22.2 Å². The van der Waals surface area contributed by atoms with Gasteiger partial charge in [-0.15, -0.1) is 10.2 Å². The van der Waals surface area contributed by atoms with E-state index in [1.807, 2.05) is 13.8 Å². The van der Waals surface area contributed by atoms with E-state index in [2.05, 4.69) is 20.8 Å². The first-order valence-electron chi connectivity index (χ1n) is 11.7. The molecule has 0 spiro atoms. The summed E-state index contributed by atoms with van der Waals surface area (Å²) in [5, 5.41) is 25.5. The van der Waals surface area contributed by atoms with E-state index in [1.165, 1.54) is 30.3 Å². The van der Waals surface area contributed by atoms with Crippen molar-refractivity contribution in [2.24, 2.45) is 13.0 Å².